The maximum Gasteiger partial charge on any atom is 0.0552 e. The van der Waals surface area contributed by atoms with Crippen molar-refractivity contribution in [3.05, 3.63) is 24.5 Å². The monoisotopic (exact) mass is 261 g/mol. The topological polar surface area (TPSA) is 28.2 Å². The van der Waals surface area contributed by atoms with Crippen molar-refractivity contribution < 1.29 is 0 Å². The highest BCUT2D eigenvalue weighted by Crippen LogP contribution is 2.29. The minimum absolute atomic E-state index is 0. The second-order valence-corrected chi connectivity index (χ2v) is 4.29. The lowest BCUT2D eigenvalue weighted by Gasteiger charge is -2.18. The second-order valence-electron chi connectivity index (χ2n) is 4.29. The first-order chi connectivity index (χ1) is 6.93. The smallest absolute Gasteiger partial charge is 0.0552 e. The van der Waals surface area contributed by atoms with Crippen molar-refractivity contribution in [1.29, 1.82) is 0 Å². The van der Waals surface area contributed by atoms with E-state index in [9.17, 15) is 0 Å². The average Bonchev–Trinajstić information content (AvgIpc) is 2.78. The van der Waals surface area contributed by atoms with E-state index >= 15 is 0 Å². The van der Waals surface area contributed by atoms with Gasteiger partial charge in [0.15, 0.2) is 0 Å². The molecule has 0 saturated carbocycles. The molecule has 3 rings (SSSR count). The molecule has 3 heterocycles. The van der Waals surface area contributed by atoms with E-state index in [0.717, 1.165) is 11.8 Å². The SMILES string of the molecule is Cl.Cl.c1cncc(N2C[C@H]3CNC[C@H]3C2)c1. The fourth-order valence-electron chi connectivity index (χ4n) is 2.61. The minimum atomic E-state index is 0. The summed E-state index contributed by atoms with van der Waals surface area (Å²) in [6, 6.07) is 4.17. The Morgan fingerprint density at radius 2 is 1.88 bits per heavy atom. The van der Waals surface area contributed by atoms with Crippen molar-refractivity contribution >= 4 is 30.5 Å². The van der Waals surface area contributed by atoms with Crippen molar-refractivity contribution in [3.8, 4) is 0 Å². The van der Waals surface area contributed by atoms with E-state index in [-0.39, 0.29) is 24.8 Å². The summed E-state index contributed by atoms with van der Waals surface area (Å²) in [5.41, 5.74) is 1.28. The summed E-state index contributed by atoms with van der Waals surface area (Å²) in [7, 11) is 0. The van der Waals surface area contributed by atoms with Crippen LogP contribution in [0.15, 0.2) is 24.5 Å². The lowest BCUT2D eigenvalue weighted by atomic mass is 10.0. The molecule has 0 aromatic carbocycles. The predicted molar refractivity (Wildman–Crippen MR) is 70.8 cm³/mol. The van der Waals surface area contributed by atoms with E-state index in [2.05, 4.69) is 21.3 Å². The first-order valence-corrected chi connectivity index (χ1v) is 5.29. The highest BCUT2D eigenvalue weighted by Gasteiger charge is 2.35. The fraction of sp³-hybridized carbons (Fsp3) is 0.545. The van der Waals surface area contributed by atoms with Crippen molar-refractivity contribution in [1.82, 2.24) is 10.3 Å². The molecule has 90 valence electrons. The highest BCUT2D eigenvalue weighted by atomic mass is 35.5. The van der Waals surface area contributed by atoms with Crippen LogP contribution in [0.25, 0.3) is 0 Å². The number of hydrogen-bond acceptors (Lipinski definition) is 3. The average molecular weight is 262 g/mol. The number of hydrogen-bond donors (Lipinski definition) is 1. The van der Waals surface area contributed by atoms with E-state index in [1.807, 2.05) is 18.5 Å². The van der Waals surface area contributed by atoms with Gasteiger partial charge in [0.05, 0.1) is 11.9 Å². The number of nitrogens with one attached hydrogen (secondary N) is 1. The summed E-state index contributed by atoms with van der Waals surface area (Å²) in [6.45, 7) is 4.79. The van der Waals surface area contributed by atoms with Crippen LogP contribution in [0.2, 0.25) is 0 Å². The van der Waals surface area contributed by atoms with Crippen molar-refractivity contribution in [2.75, 3.05) is 31.1 Å². The maximum atomic E-state index is 4.17. The molecular weight excluding hydrogens is 245 g/mol. The summed E-state index contributed by atoms with van der Waals surface area (Å²) in [5.74, 6) is 1.71. The van der Waals surface area contributed by atoms with E-state index in [0.29, 0.717) is 0 Å². The Hall–Kier alpha value is -0.510. The number of rotatable bonds is 1. The van der Waals surface area contributed by atoms with Crippen LogP contribution in [0.5, 0.6) is 0 Å². The van der Waals surface area contributed by atoms with Gasteiger partial charge >= 0.3 is 0 Å². The third kappa shape index (κ3) is 2.42. The van der Waals surface area contributed by atoms with Gasteiger partial charge < -0.3 is 10.2 Å². The highest BCUT2D eigenvalue weighted by molar-refractivity contribution is 5.85. The Bertz CT molecular complexity index is 308. The Morgan fingerprint density at radius 3 is 2.44 bits per heavy atom. The zero-order chi connectivity index (χ0) is 9.38. The molecule has 2 atom stereocenters. The number of nitrogens with zero attached hydrogens (tertiary/aromatic N) is 2. The van der Waals surface area contributed by atoms with Crippen LogP contribution in [0, 0.1) is 11.8 Å². The molecule has 1 N–H and O–H groups in total. The number of aromatic nitrogens is 1. The maximum absolute atomic E-state index is 4.17. The van der Waals surface area contributed by atoms with Gasteiger partial charge in [0.25, 0.3) is 0 Å². The van der Waals surface area contributed by atoms with Gasteiger partial charge in [-0.15, -0.1) is 24.8 Å². The number of fused-ring (bicyclic) bond motifs is 1. The molecule has 0 amide bonds. The minimum Gasteiger partial charge on any atom is -0.370 e. The molecular formula is C11H17Cl2N3. The van der Waals surface area contributed by atoms with E-state index < -0.39 is 0 Å². The largest absolute Gasteiger partial charge is 0.370 e. The lowest BCUT2D eigenvalue weighted by Crippen LogP contribution is -2.25. The Labute approximate surface area is 108 Å². The molecule has 2 aliphatic rings. The summed E-state index contributed by atoms with van der Waals surface area (Å²) < 4.78 is 0. The normalized spacial score (nSPS) is 26.9. The van der Waals surface area contributed by atoms with Gasteiger partial charge in [-0.1, -0.05) is 0 Å². The quantitative estimate of drug-likeness (QED) is 0.833. The molecule has 3 nitrogen and oxygen atoms in total. The third-order valence-corrected chi connectivity index (χ3v) is 3.40. The zero-order valence-electron chi connectivity index (χ0n) is 9.00. The van der Waals surface area contributed by atoms with Crippen LogP contribution in [-0.4, -0.2) is 31.2 Å². The second kappa shape index (κ2) is 5.71. The Balaban J connectivity index is 0.000000640. The van der Waals surface area contributed by atoms with Crippen molar-refractivity contribution in [2.45, 2.75) is 0 Å². The van der Waals surface area contributed by atoms with Gasteiger partial charge in [-0.2, -0.15) is 0 Å². The van der Waals surface area contributed by atoms with Gasteiger partial charge in [0, 0.05) is 32.4 Å². The van der Waals surface area contributed by atoms with Gasteiger partial charge in [-0.3, -0.25) is 4.98 Å². The molecule has 16 heavy (non-hydrogen) atoms. The van der Waals surface area contributed by atoms with E-state index in [1.54, 1.807) is 0 Å². The number of anilines is 1. The molecule has 2 aliphatic heterocycles. The fourth-order valence-corrected chi connectivity index (χ4v) is 2.61. The molecule has 1 aromatic rings. The summed E-state index contributed by atoms with van der Waals surface area (Å²) in [5, 5.41) is 3.45. The van der Waals surface area contributed by atoms with Gasteiger partial charge in [0.2, 0.25) is 0 Å². The lowest BCUT2D eigenvalue weighted by molar-refractivity contribution is 0.533. The number of pyridine rings is 1. The van der Waals surface area contributed by atoms with Crippen LogP contribution in [0.3, 0.4) is 0 Å². The van der Waals surface area contributed by atoms with Gasteiger partial charge in [-0.05, 0) is 24.0 Å². The van der Waals surface area contributed by atoms with Gasteiger partial charge in [-0.25, -0.2) is 0 Å². The first kappa shape index (κ1) is 13.6. The molecule has 1 aromatic heterocycles. The Kier molecular flexibility index (Phi) is 4.84. The molecule has 0 spiro atoms. The number of halogens is 2. The van der Waals surface area contributed by atoms with Crippen molar-refractivity contribution in [2.24, 2.45) is 11.8 Å². The van der Waals surface area contributed by atoms with Gasteiger partial charge in [0.1, 0.15) is 0 Å². The molecule has 0 unspecified atom stereocenters. The van der Waals surface area contributed by atoms with Crippen LogP contribution in [0.4, 0.5) is 5.69 Å². The van der Waals surface area contributed by atoms with Crippen molar-refractivity contribution in [3.63, 3.8) is 0 Å². The summed E-state index contributed by atoms with van der Waals surface area (Å²) >= 11 is 0. The van der Waals surface area contributed by atoms with E-state index in [1.165, 1.54) is 31.9 Å². The molecule has 5 heteroatoms. The molecule has 0 bridgehead atoms. The van der Waals surface area contributed by atoms with E-state index in [4.69, 9.17) is 0 Å². The van der Waals surface area contributed by atoms with Crippen LogP contribution in [-0.2, 0) is 0 Å². The third-order valence-electron chi connectivity index (χ3n) is 3.40. The Morgan fingerprint density at radius 1 is 1.19 bits per heavy atom. The molecule has 0 aliphatic carbocycles. The first-order valence-electron chi connectivity index (χ1n) is 5.29. The summed E-state index contributed by atoms with van der Waals surface area (Å²) in [4.78, 5) is 6.63. The molecule has 0 radical (unpaired) electrons. The van der Waals surface area contributed by atoms with Crippen LogP contribution >= 0.6 is 24.8 Å². The zero-order valence-corrected chi connectivity index (χ0v) is 10.6. The predicted octanol–water partition coefficient (Wildman–Crippen LogP) is 1.58. The van der Waals surface area contributed by atoms with Crippen LogP contribution in [0.1, 0.15) is 0 Å². The standard InChI is InChI=1S/C11H15N3.2ClH/c1-2-11(6-12-3-1)14-7-9-4-13-5-10(9)8-14;;/h1-3,6,9-10,13H,4-5,7-8H2;2*1H/t9-,10+;;. The molecule has 2 fully saturated rings. The van der Waals surface area contributed by atoms with Crippen LogP contribution < -0.4 is 10.2 Å². The molecule has 2 saturated heterocycles. The summed E-state index contributed by atoms with van der Waals surface area (Å²) in [6.07, 6.45) is 3.80.